The normalized spacial score (nSPS) is 11.4. The molecule has 7 nitrogen and oxygen atoms in total. The second-order valence-electron chi connectivity index (χ2n) is 6.17. The molecule has 1 amide bonds. The maximum atomic E-state index is 12.6. The van der Waals surface area contributed by atoms with E-state index < -0.39 is 0 Å². The summed E-state index contributed by atoms with van der Waals surface area (Å²) in [6.45, 7) is 3.58. The van der Waals surface area contributed by atoms with Crippen molar-refractivity contribution >= 4 is 60.0 Å². The van der Waals surface area contributed by atoms with Gasteiger partial charge in [-0.2, -0.15) is 0 Å². The van der Waals surface area contributed by atoms with Crippen molar-refractivity contribution in [3.8, 4) is 0 Å². The summed E-state index contributed by atoms with van der Waals surface area (Å²) in [4.78, 5) is 25.2. The Bertz CT molecular complexity index is 1080. The van der Waals surface area contributed by atoms with Gasteiger partial charge in [0, 0.05) is 32.7 Å². The van der Waals surface area contributed by atoms with Crippen LogP contribution in [-0.2, 0) is 0 Å². The lowest BCUT2D eigenvalue weighted by atomic mass is 10.3. The van der Waals surface area contributed by atoms with E-state index in [4.69, 9.17) is 4.42 Å². The third-order valence-electron chi connectivity index (χ3n) is 4.08. The monoisotopic (exact) mass is 401 g/mol. The number of carbonyl (C=O) groups is 1. The molecule has 4 aromatic rings. The molecule has 0 saturated carbocycles. The number of amides is 1. The van der Waals surface area contributed by atoms with Gasteiger partial charge in [-0.25, -0.2) is 9.97 Å². The lowest BCUT2D eigenvalue weighted by Crippen LogP contribution is -2.26. The lowest BCUT2D eigenvalue weighted by molar-refractivity contribution is 0.103. The number of benzene rings is 1. The van der Waals surface area contributed by atoms with Crippen LogP contribution in [0.5, 0.6) is 0 Å². The van der Waals surface area contributed by atoms with Gasteiger partial charge in [-0.15, -0.1) is 11.3 Å². The molecular weight excluding hydrogens is 382 g/mol. The fourth-order valence-electron chi connectivity index (χ4n) is 2.69. The van der Waals surface area contributed by atoms with E-state index in [-0.39, 0.29) is 5.91 Å². The standard InChI is InChI=1S/C18H19N5O2S2/c1-10-20-12-8-11(4-5-13(12)25-10)21-16(24)14-9-15-17(26-14)22-18(27-15)23(3)7-6-19-2/h4-5,8-9,19H,6-7H2,1-3H3,(H,21,24). The Kier molecular flexibility index (Phi) is 4.81. The van der Waals surface area contributed by atoms with E-state index in [9.17, 15) is 4.79 Å². The fourth-order valence-corrected chi connectivity index (χ4v) is 4.78. The quantitative estimate of drug-likeness (QED) is 0.512. The summed E-state index contributed by atoms with van der Waals surface area (Å²) in [5.41, 5.74) is 2.13. The summed E-state index contributed by atoms with van der Waals surface area (Å²) in [7, 11) is 3.95. The first-order chi connectivity index (χ1) is 13.0. The zero-order valence-electron chi connectivity index (χ0n) is 15.2. The van der Waals surface area contributed by atoms with Crippen molar-refractivity contribution in [3.05, 3.63) is 35.0 Å². The molecule has 0 spiro atoms. The Morgan fingerprint density at radius 3 is 2.89 bits per heavy atom. The zero-order chi connectivity index (χ0) is 19.0. The largest absolute Gasteiger partial charge is 0.441 e. The number of oxazole rings is 1. The van der Waals surface area contributed by atoms with Crippen molar-refractivity contribution in [2.75, 3.05) is 37.4 Å². The molecule has 140 valence electrons. The van der Waals surface area contributed by atoms with Crippen LogP contribution in [0.1, 0.15) is 15.6 Å². The number of likely N-dealkylation sites (N-methyl/N-ethyl adjacent to an activating group) is 2. The molecule has 1 aromatic carbocycles. The van der Waals surface area contributed by atoms with E-state index in [0.717, 1.165) is 33.3 Å². The summed E-state index contributed by atoms with van der Waals surface area (Å²) in [6, 6.07) is 7.34. The second kappa shape index (κ2) is 7.26. The number of aromatic nitrogens is 2. The van der Waals surface area contributed by atoms with Crippen LogP contribution in [0.15, 0.2) is 28.7 Å². The molecule has 0 aliphatic carbocycles. The molecule has 0 aliphatic heterocycles. The van der Waals surface area contributed by atoms with E-state index in [2.05, 4.69) is 25.5 Å². The van der Waals surface area contributed by atoms with Crippen molar-refractivity contribution in [2.45, 2.75) is 6.92 Å². The maximum absolute atomic E-state index is 12.6. The SMILES string of the molecule is CNCCN(C)c1nc2sc(C(=O)Nc3ccc4oc(C)nc4c3)cc2s1. The second-order valence-corrected chi connectivity index (χ2v) is 8.21. The van der Waals surface area contributed by atoms with E-state index in [1.807, 2.05) is 38.4 Å². The van der Waals surface area contributed by atoms with Gasteiger partial charge in [0.15, 0.2) is 16.6 Å². The van der Waals surface area contributed by atoms with Crippen LogP contribution in [0.25, 0.3) is 20.6 Å². The molecule has 2 N–H and O–H groups in total. The van der Waals surface area contributed by atoms with Gasteiger partial charge in [0.25, 0.3) is 5.91 Å². The Balaban J connectivity index is 1.50. The van der Waals surface area contributed by atoms with E-state index >= 15 is 0 Å². The molecule has 0 unspecified atom stereocenters. The molecule has 4 rings (SSSR count). The van der Waals surface area contributed by atoms with Gasteiger partial charge >= 0.3 is 0 Å². The molecular formula is C18H19N5O2S2. The molecule has 0 bridgehead atoms. The topological polar surface area (TPSA) is 83.3 Å². The summed E-state index contributed by atoms with van der Waals surface area (Å²) >= 11 is 3.01. The third kappa shape index (κ3) is 3.66. The van der Waals surface area contributed by atoms with Gasteiger partial charge in [0.05, 0.1) is 9.58 Å². The fraction of sp³-hybridized carbons (Fsp3) is 0.278. The minimum absolute atomic E-state index is 0.144. The summed E-state index contributed by atoms with van der Waals surface area (Å²) in [6.07, 6.45) is 0. The van der Waals surface area contributed by atoms with Crippen LogP contribution in [0.2, 0.25) is 0 Å². The molecule has 0 aliphatic rings. The molecule has 0 saturated heterocycles. The molecule has 0 atom stereocenters. The van der Waals surface area contributed by atoms with Crippen molar-refractivity contribution in [2.24, 2.45) is 0 Å². The number of anilines is 2. The highest BCUT2D eigenvalue weighted by Crippen LogP contribution is 2.34. The highest BCUT2D eigenvalue weighted by molar-refractivity contribution is 7.29. The summed E-state index contributed by atoms with van der Waals surface area (Å²) in [5.74, 6) is 0.461. The zero-order valence-corrected chi connectivity index (χ0v) is 16.8. The van der Waals surface area contributed by atoms with Crippen LogP contribution >= 0.6 is 22.7 Å². The van der Waals surface area contributed by atoms with Gasteiger partial charge < -0.3 is 20.0 Å². The van der Waals surface area contributed by atoms with Gasteiger partial charge in [-0.3, -0.25) is 4.79 Å². The van der Waals surface area contributed by atoms with E-state index in [1.165, 1.54) is 11.3 Å². The number of nitrogens with one attached hydrogen (secondary N) is 2. The number of nitrogens with zero attached hydrogens (tertiary/aromatic N) is 3. The van der Waals surface area contributed by atoms with Crippen LogP contribution in [-0.4, -0.2) is 43.1 Å². The first kappa shape index (κ1) is 17.9. The first-order valence-corrected chi connectivity index (χ1v) is 10.1. The average Bonchev–Trinajstić information content (AvgIpc) is 3.30. The molecule has 3 aromatic heterocycles. The Labute approximate surface area is 164 Å². The number of thiazole rings is 1. The predicted molar refractivity (Wildman–Crippen MR) is 111 cm³/mol. The van der Waals surface area contributed by atoms with Crippen molar-refractivity contribution in [1.82, 2.24) is 15.3 Å². The number of carbonyl (C=O) groups excluding carboxylic acids is 1. The number of hydrogen-bond donors (Lipinski definition) is 2. The van der Waals surface area contributed by atoms with Crippen molar-refractivity contribution in [3.63, 3.8) is 0 Å². The highest BCUT2D eigenvalue weighted by Gasteiger charge is 2.16. The van der Waals surface area contributed by atoms with Crippen LogP contribution in [0.3, 0.4) is 0 Å². The Morgan fingerprint density at radius 2 is 2.11 bits per heavy atom. The summed E-state index contributed by atoms with van der Waals surface area (Å²) < 4.78 is 6.49. The smallest absolute Gasteiger partial charge is 0.265 e. The first-order valence-electron chi connectivity index (χ1n) is 8.48. The van der Waals surface area contributed by atoms with E-state index in [1.54, 1.807) is 18.3 Å². The molecule has 27 heavy (non-hydrogen) atoms. The minimum atomic E-state index is -0.144. The van der Waals surface area contributed by atoms with Crippen molar-refractivity contribution in [1.29, 1.82) is 0 Å². The number of hydrogen-bond acceptors (Lipinski definition) is 8. The van der Waals surface area contributed by atoms with Gasteiger partial charge in [-0.05, 0) is 31.3 Å². The number of fused-ring (bicyclic) bond motifs is 2. The molecule has 0 radical (unpaired) electrons. The van der Waals surface area contributed by atoms with Gasteiger partial charge in [0.2, 0.25) is 0 Å². The van der Waals surface area contributed by atoms with Gasteiger partial charge in [-0.1, -0.05) is 11.3 Å². The highest BCUT2D eigenvalue weighted by atomic mass is 32.1. The van der Waals surface area contributed by atoms with Crippen molar-refractivity contribution < 1.29 is 9.21 Å². The Hall–Kier alpha value is -2.49. The number of aryl methyl sites for hydroxylation is 1. The van der Waals surface area contributed by atoms with Crippen LogP contribution in [0.4, 0.5) is 10.8 Å². The molecule has 3 heterocycles. The molecule has 9 heteroatoms. The lowest BCUT2D eigenvalue weighted by Gasteiger charge is -2.14. The summed E-state index contributed by atoms with van der Waals surface area (Å²) in [5, 5.41) is 7.02. The Morgan fingerprint density at radius 1 is 1.26 bits per heavy atom. The third-order valence-corrected chi connectivity index (χ3v) is 6.35. The maximum Gasteiger partial charge on any atom is 0.265 e. The van der Waals surface area contributed by atoms with Crippen LogP contribution < -0.4 is 15.5 Å². The number of rotatable bonds is 6. The minimum Gasteiger partial charge on any atom is -0.441 e. The van der Waals surface area contributed by atoms with Gasteiger partial charge in [0.1, 0.15) is 10.3 Å². The van der Waals surface area contributed by atoms with E-state index in [0.29, 0.717) is 22.0 Å². The van der Waals surface area contributed by atoms with Crippen LogP contribution in [0, 0.1) is 6.92 Å². The number of thiophene rings is 1. The predicted octanol–water partition coefficient (Wildman–Crippen LogP) is 3.72. The molecule has 0 fully saturated rings. The average molecular weight is 402 g/mol.